The summed E-state index contributed by atoms with van der Waals surface area (Å²) in [5, 5.41) is 52.3. The van der Waals surface area contributed by atoms with Crippen LogP contribution < -0.4 is 42.5 Å². The van der Waals surface area contributed by atoms with E-state index in [1.807, 2.05) is 48.5 Å². The summed E-state index contributed by atoms with van der Waals surface area (Å²) < 4.78 is 0. The van der Waals surface area contributed by atoms with Crippen molar-refractivity contribution >= 4 is 23.0 Å². The van der Waals surface area contributed by atoms with Crippen LogP contribution in [0.2, 0.25) is 0 Å². The van der Waals surface area contributed by atoms with Crippen LogP contribution in [-0.2, 0) is 4.79 Å². The molecule has 0 saturated heterocycles. The lowest BCUT2D eigenvalue weighted by Crippen LogP contribution is -2.80. The number of ketones is 2. The molecule has 0 radical (unpaired) electrons. The van der Waals surface area contributed by atoms with Crippen LogP contribution in [0.25, 0.3) is 5.76 Å². The fourth-order valence-corrected chi connectivity index (χ4v) is 7.17. The van der Waals surface area contributed by atoms with Gasteiger partial charge in [0.05, 0.1) is 23.2 Å². The van der Waals surface area contributed by atoms with Crippen molar-refractivity contribution in [2.45, 2.75) is 97.6 Å². The number of allylic oxidation sites excluding steroid dienone is 1. The summed E-state index contributed by atoms with van der Waals surface area (Å²) in [6, 6.07) is 4.89. The molecule has 12 heteroatoms. The fraction of sp³-hybridized carbons (Fsp3) is 0.647. The number of carbonyl (C=O) groups excluding carboxylic acids is 2. The van der Waals surface area contributed by atoms with Gasteiger partial charge in [-0.3, -0.25) is 36.2 Å². The average Bonchev–Trinajstić information content (AvgIpc) is 3.02. The lowest BCUT2D eigenvalue weighted by atomic mass is 9.70. The van der Waals surface area contributed by atoms with E-state index in [9.17, 15) is 19.8 Å². The molecule has 0 bridgehead atoms. The van der Waals surface area contributed by atoms with E-state index in [0.717, 1.165) is 13.0 Å². The zero-order valence-corrected chi connectivity index (χ0v) is 29.0. The van der Waals surface area contributed by atoms with Gasteiger partial charge in [0.2, 0.25) is 0 Å². The first-order valence-electron chi connectivity index (χ1n) is 17.1. The molecule has 0 amide bonds. The molecule has 46 heavy (non-hydrogen) atoms. The number of hydrogen-bond acceptors (Lipinski definition) is 12. The van der Waals surface area contributed by atoms with Gasteiger partial charge < -0.3 is 26.2 Å². The molecule has 258 valence electrons. The maximum absolute atomic E-state index is 14.8. The number of benzene rings is 1. The van der Waals surface area contributed by atoms with Crippen molar-refractivity contribution in [3.05, 3.63) is 47.1 Å². The van der Waals surface area contributed by atoms with Crippen LogP contribution in [0.1, 0.15) is 84.2 Å². The van der Waals surface area contributed by atoms with Crippen molar-refractivity contribution in [1.82, 2.24) is 37.2 Å². The standard InChI is InChI=1S/C34H58N8O4/c1-9-25(35-11-3)33(37-13-5,38-14-6)41-23-19-17-18-22-27(23)31(45)29-28(30(22)44)24(43)20-21-32(29,46)42-34(39-15-7,40-16-8)26(10-2)36-12-4/h17-21,25-26,29,35-42,44,46H,9-16H2,1-8H3. The first kappa shape index (κ1) is 37.8. The highest BCUT2D eigenvalue weighted by atomic mass is 16.3. The lowest BCUT2D eigenvalue weighted by Gasteiger charge is -2.50. The minimum Gasteiger partial charge on any atom is -0.507 e. The Balaban J connectivity index is 2.24. The van der Waals surface area contributed by atoms with Crippen LogP contribution in [0.3, 0.4) is 0 Å². The number of rotatable bonds is 20. The molecule has 12 nitrogen and oxygen atoms in total. The van der Waals surface area contributed by atoms with Crippen LogP contribution in [0, 0.1) is 5.92 Å². The number of Topliss-reactive ketones (excluding diaryl/α,β-unsaturated/α-hetero) is 1. The Morgan fingerprint density at radius 3 is 1.80 bits per heavy atom. The van der Waals surface area contributed by atoms with E-state index < -0.39 is 34.8 Å². The number of nitrogens with one attached hydrogen (secondary N) is 8. The molecule has 1 aromatic carbocycles. The largest absolute Gasteiger partial charge is 0.507 e. The number of aliphatic hydroxyl groups is 2. The summed E-state index contributed by atoms with van der Waals surface area (Å²) in [6.45, 7) is 19.9. The first-order chi connectivity index (χ1) is 22.0. The van der Waals surface area contributed by atoms with Crippen LogP contribution in [-0.4, -0.2) is 90.4 Å². The Kier molecular flexibility index (Phi) is 13.5. The van der Waals surface area contributed by atoms with Crippen molar-refractivity contribution < 1.29 is 19.8 Å². The molecule has 2 aliphatic carbocycles. The molecule has 10 N–H and O–H groups in total. The molecule has 0 spiro atoms. The van der Waals surface area contributed by atoms with Gasteiger partial charge in [-0.2, -0.15) is 0 Å². The highest BCUT2D eigenvalue weighted by Crippen LogP contribution is 2.44. The van der Waals surface area contributed by atoms with Gasteiger partial charge in [0, 0.05) is 11.3 Å². The third kappa shape index (κ3) is 7.24. The highest BCUT2D eigenvalue weighted by molar-refractivity contribution is 6.22. The lowest BCUT2D eigenvalue weighted by molar-refractivity contribution is -0.115. The second-order valence-electron chi connectivity index (χ2n) is 11.8. The SMILES string of the molecule is CCNC(CC)C(NCC)(NCC)Nc1cccc2c1C(=O)C1C(=C2O)C(=O)C=CC1(O)NC(NCC)(NCC)C(CC)NCC. The van der Waals surface area contributed by atoms with Crippen LogP contribution >= 0.6 is 0 Å². The monoisotopic (exact) mass is 642 g/mol. The van der Waals surface area contributed by atoms with Gasteiger partial charge in [0.25, 0.3) is 0 Å². The summed E-state index contributed by atoms with van der Waals surface area (Å²) in [5.74, 6) is -4.65. The van der Waals surface area contributed by atoms with E-state index in [-0.39, 0.29) is 34.5 Å². The Bertz CT molecular complexity index is 1260. The molecule has 0 saturated carbocycles. The van der Waals surface area contributed by atoms with E-state index in [1.54, 1.807) is 18.2 Å². The van der Waals surface area contributed by atoms with Gasteiger partial charge in [0.15, 0.2) is 23.1 Å². The van der Waals surface area contributed by atoms with E-state index in [1.165, 1.54) is 12.2 Å². The van der Waals surface area contributed by atoms with Gasteiger partial charge in [-0.05, 0) is 70.3 Å². The third-order valence-corrected chi connectivity index (χ3v) is 8.88. The first-order valence-corrected chi connectivity index (χ1v) is 17.1. The molecule has 0 aromatic heterocycles. The van der Waals surface area contributed by atoms with Crippen LogP contribution in [0.5, 0.6) is 0 Å². The summed E-state index contributed by atoms with van der Waals surface area (Å²) in [5.41, 5.74) is -1.24. The molecule has 1 aromatic rings. The van der Waals surface area contributed by atoms with Crippen molar-refractivity contribution in [2.24, 2.45) is 5.92 Å². The van der Waals surface area contributed by atoms with E-state index in [2.05, 4.69) is 49.5 Å². The normalized spacial score (nSPS) is 21.3. The minimum atomic E-state index is -2.04. The van der Waals surface area contributed by atoms with Gasteiger partial charge in [-0.1, -0.05) is 67.5 Å². The maximum atomic E-state index is 14.8. The Labute approximate surface area is 275 Å². The summed E-state index contributed by atoms with van der Waals surface area (Å²) in [7, 11) is 0. The molecule has 0 aliphatic heterocycles. The van der Waals surface area contributed by atoms with Crippen molar-refractivity contribution in [3.8, 4) is 0 Å². The second-order valence-corrected chi connectivity index (χ2v) is 11.8. The van der Waals surface area contributed by atoms with Gasteiger partial charge in [-0.15, -0.1) is 0 Å². The van der Waals surface area contributed by atoms with Crippen LogP contribution in [0.4, 0.5) is 5.69 Å². The molecular weight excluding hydrogens is 584 g/mol. The number of anilines is 1. The van der Waals surface area contributed by atoms with Crippen LogP contribution in [0.15, 0.2) is 35.9 Å². The summed E-state index contributed by atoms with van der Waals surface area (Å²) in [6.07, 6.45) is 4.03. The Morgan fingerprint density at radius 1 is 0.783 bits per heavy atom. The predicted octanol–water partition coefficient (Wildman–Crippen LogP) is 2.12. The quantitative estimate of drug-likeness (QED) is 0.0942. The van der Waals surface area contributed by atoms with E-state index in [0.29, 0.717) is 44.8 Å². The number of aliphatic hydroxyl groups excluding tert-OH is 1. The number of carbonyl (C=O) groups is 2. The zero-order chi connectivity index (χ0) is 34.1. The average molecular weight is 643 g/mol. The second kappa shape index (κ2) is 16.4. The van der Waals surface area contributed by atoms with Crippen molar-refractivity contribution in [3.63, 3.8) is 0 Å². The minimum absolute atomic E-state index is 0.0812. The fourth-order valence-electron chi connectivity index (χ4n) is 7.17. The van der Waals surface area contributed by atoms with Crippen molar-refractivity contribution in [1.29, 1.82) is 0 Å². The van der Waals surface area contributed by atoms with Gasteiger partial charge in [0.1, 0.15) is 17.5 Å². The van der Waals surface area contributed by atoms with Gasteiger partial charge in [-0.25, -0.2) is 0 Å². The van der Waals surface area contributed by atoms with Crippen molar-refractivity contribution in [2.75, 3.05) is 44.6 Å². The molecular formula is C34H58N8O4. The van der Waals surface area contributed by atoms with E-state index in [4.69, 9.17) is 0 Å². The predicted molar refractivity (Wildman–Crippen MR) is 185 cm³/mol. The summed E-state index contributed by atoms with van der Waals surface area (Å²) >= 11 is 0. The molecule has 4 unspecified atom stereocenters. The topological polar surface area (TPSA) is 171 Å². The number of fused-ring (bicyclic) bond motifs is 2. The Morgan fingerprint density at radius 2 is 1.30 bits per heavy atom. The Hall–Kier alpha value is -2.68. The number of likely N-dealkylation sites (N-methyl/N-ethyl adjacent to an activating group) is 6. The molecule has 0 heterocycles. The molecule has 2 aliphatic rings. The molecule has 0 fully saturated rings. The number of hydrogen-bond donors (Lipinski definition) is 10. The van der Waals surface area contributed by atoms with E-state index >= 15 is 0 Å². The molecule has 3 rings (SSSR count). The third-order valence-electron chi connectivity index (χ3n) is 8.88. The highest BCUT2D eigenvalue weighted by Gasteiger charge is 2.55. The maximum Gasteiger partial charge on any atom is 0.186 e. The summed E-state index contributed by atoms with van der Waals surface area (Å²) in [4.78, 5) is 28.2. The molecule has 4 atom stereocenters. The van der Waals surface area contributed by atoms with Gasteiger partial charge >= 0.3 is 0 Å². The zero-order valence-electron chi connectivity index (χ0n) is 29.0. The smallest absolute Gasteiger partial charge is 0.186 e.